The predicted molar refractivity (Wildman–Crippen MR) is 75.7 cm³/mol. The summed E-state index contributed by atoms with van der Waals surface area (Å²) in [5.41, 5.74) is 1.57. The highest BCUT2D eigenvalue weighted by atomic mass is 16.6. The van der Waals surface area contributed by atoms with Gasteiger partial charge in [-0.05, 0) is 31.9 Å². The Hall–Kier alpha value is -2.11. The molecule has 1 saturated heterocycles. The van der Waals surface area contributed by atoms with E-state index in [0.717, 1.165) is 18.5 Å². The number of piperidine rings is 1. The maximum absolute atomic E-state index is 12.4. The summed E-state index contributed by atoms with van der Waals surface area (Å²) in [6.07, 6.45) is 3.05. The number of nitrogens with zero attached hydrogens (tertiary/aromatic N) is 3. The van der Waals surface area contributed by atoms with Gasteiger partial charge in [0, 0.05) is 25.3 Å². The lowest BCUT2D eigenvalue weighted by molar-refractivity contribution is 0.0557. The molecule has 1 aromatic rings. The van der Waals surface area contributed by atoms with Gasteiger partial charge in [0.15, 0.2) is 0 Å². The van der Waals surface area contributed by atoms with Crippen LogP contribution in [0.3, 0.4) is 0 Å². The average molecular weight is 289 g/mol. The van der Waals surface area contributed by atoms with E-state index < -0.39 is 0 Å². The minimum atomic E-state index is -0.256. The Labute approximate surface area is 123 Å². The zero-order chi connectivity index (χ0) is 14.8. The first-order valence-corrected chi connectivity index (χ1v) is 7.37. The molecule has 0 aromatic carbocycles. The van der Waals surface area contributed by atoms with Crippen molar-refractivity contribution in [2.24, 2.45) is 0 Å². The number of carbonyl (C=O) groups excluding carboxylic acids is 2. The van der Waals surface area contributed by atoms with E-state index in [9.17, 15) is 9.59 Å². The molecule has 0 unspecified atom stereocenters. The summed E-state index contributed by atoms with van der Waals surface area (Å²) >= 11 is 0. The van der Waals surface area contributed by atoms with Crippen molar-refractivity contribution in [2.45, 2.75) is 32.4 Å². The Bertz CT molecular complexity index is 553. The zero-order valence-electron chi connectivity index (χ0n) is 12.1. The summed E-state index contributed by atoms with van der Waals surface area (Å²) in [6, 6.07) is 3.81. The van der Waals surface area contributed by atoms with Gasteiger partial charge in [-0.15, -0.1) is 0 Å². The molecule has 1 aromatic heterocycles. The monoisotopic (exact) mass is 289 g/mol. The number of carbonyl (C=O) groups is 2. The third kappa shape index (κ3) is 2.57. The molecule has 0 spiro atoms. The second-order valence-electron chi connectivity index (χ2n) is 5.35. The number of ether oxygens (including phenoxy) is 1. The second kappa shape index (κ2) is 5.71. The third-order valence-electron chi connectivity index (χ3n) is 4.13. The molecule has 21 heavy (non-hydrogen) atoms. The average Bonchev–Trinajstić information content (AvgIpc) is 2.85. The molecule has 3 heterocycles. The van der Waals surface area contributed by atoms with E-state index in [1.54, 1.807) is 24.1 Å². The van der Waals surface area contributed by atoms with Crippen molar-refractivity contribution >= 4 is 12.0 Å². The number of hydrogen-bond donors (Lipinski definition) is 0. The largest absolute Gasteiger partial charge is 0.450 e. The fourth-order valence-corrected chi connectivity index (χ4v) is 3.02. The lowest BCUT2D eigenvalue weighted by Crippen LogP contribution is -2.47. The minimum absolute atomic E-state index is 0.0627. The van der Waals surface area contributed by atoms with Gasteiger partial charge in [0.05, 0.1) is 24.4 Å². The first kappa shape index (κ1) is 13.9. The van der Waals surface area contributed by atoms with Crippen LogP contribution in [0.2, 0.25) is 0 Å². The Morgan fingerprint density at radius 1 is 1.43 bits per heavy atom. The van der Waals surface area contributed by atoms with Crippen LogP contribution in [0.4, 0.5) is 4.79 Å². The lowest BCUT2D eigenvalue weighted by Gasteiger charge is -2.35. The number of hydrogen-bond acceptors (Lipinski definition) is 4. The second-order valence-corrected chi connectivity index (χ2v) is 5.35. The molecule has 0 bridgehead atoms. The highest BCUT2D eigenvalue weighted by molar-refractivity contribution is 5.97. The SMILES string of the molecule is CCOC(=O)N1CCC(N2Cc3ncccc3C2=O)CC1. The summed E-state index contributed by atoms with van der Waals surface area (Å²) in [6.45, 7) is 4.05. The van der Waals surface area contributed by atoms with E-state index in [-0.39, 0.29) is 18.0 Å². The summed E-state index contributed by atoms with van der Waals surface area (Å²) in [5.74, 6) is 0.0627. The molecule has 0 aliphatic carbocycles. The molecular formula is C15H19N3O3. The van der Waals surface area contributed by atoms with Crippen LogP contribution in [-0.2, 0) is 11.3 Å². The van der Waals surface area contributed by atoms with E-state index in [1.165, 1.54) is 0 Å². The van der Waals surface area contributed by atoms with Gasteiger partial charge in [-0.25, -0.2) is 4.79 Å². The Kier molecular flexibility index (Phi) is 3.77. The van der Waals surface area contributed by atoms with Crippen LogP contribution in [0.1, 0.15) is 35.8 Å². The first-order chi connectivity index (χ1) is 10.2. The fraction of sp³-hybridized carbons (Fsp3) is 0.533. The van der Waals surface area contributed by atoms with Gasteiger partial charge in [0.25, 0.3) is 5.91 Å². The van der Waals surface area contributed by atoms with E-state index in [2.05, 4.69) is 4.98 Å². The maximum Gasteiger partial charge on any atom is 0.409 e. The van der Waals surface area contributed by atoms with Crippen LogP contribution in [0.5, 0.6) is 0 Å². The molecule has 2 aliphatic heterocycles. The number of amides is 2. The molecular weight excluding hydrogens is 270 g/mol. The normalized spacial score (nSPS) is 18.8. The molecule has 0 N–H and O–H groups in total. The van der Waals surface area contributed by atoms with Gasteiger partial charge in [-0.3, -0.25) is 9.78 Å². The molecule has 0 radical (unpaired) electrons. The van der Waals surface area contributed by atoms with Crippen LogP contribution in [0.15, 0.2) is 18.3 Å². The van der Waals surface area contributed by atoms with E-state index in [4.69, 9.17) is 4.74 Å². The Balaban J connectivity index is 1.61. The number of rotatable bonds is 2. The number of fused-ring (bicyclic) bond motifs is 1. The third-order valence-corrected chi connectivity index (χ3v) is 4.13. The summed E-state index contributed by atoms with van der Waals surface area (Å²) in [5, 5.41) is 0. The highest BCUT2D eigenvalue weighted by Gasteiger charge is 2.35. The predicted octanol–water partition coefficient (Wildman–Crippen LogP) is 1.66. The molecule has 3 rings (SSSR count). The van der Waals surface area contributed by atoms with Crippen molar-refractivity contribution in [3.8, 4) is 0 Å². The van der Waals surface area contributed by atoms with Crippen molar-refractivity contribution in [3.63, 3.8) is 0 Å². The van der Waals surface area contributed by atoms with Gasteiger partial charge in [-0.1, -0.05) is 0 Å². The van der Waals surface area contributed by atoms with E-state index in [1.807, 2.05) is 11.0 Å². The molecule has 2 aliphatic rings. The van der Waals surface area contributed by atoms with Crippen LogP contribution < -0.4 is 0 Å². The minimum Gasteiger partial charge on any atom is -0.450 e. The van der Waals surface area contributed by atoms with Crippen LogP contribution in [-0.4, -0.2) is 52.5 Å². The number of likely N-dealkylation sites (tertiary alicyclic amines) is 1. The van der Waals surface area contributed by atoms with Crippen LogP contribution in [0, 0.1) is 0 Å². The van der Waals surface area contributed by atoms with Crippen LogP contribution >= 0.6 is 0 Å². The van der Waals surface area contributed by atoms with E-state index in [0.29, 0.717) is 31.8 Å². The zero-order valence-corrected chi connectivity index (χ0v) is 12.1. The molecule has 1 fully saturated rings. The quantitative estimate of drug-likeness (QED) is 0.830. The molecule has 6 nitrogen and oxygen atoms in total. The standard InChI is InChI=1S/C15H19N3O3/c1-2-21-15(20)17-8-5-11(6-9-17)18-10-13-12(14(18)19)4-3-7-16-13/h3-4,7,11H,2,5-6,8-10H2,1H3. The van der Waals surface area contributed by atoms with Gasteiger partial charge < -0.3 is 14.5 Å². The molecule has 112 valence electrons. The lowest BCUT2D eigenvalue weighted by atomic mass is 10.0. The van der Waals surface area contributed by atoms with Crippen molar-refractivity contribution in [3.05, 3.63) is 29.6 Å². The molecule has 0 saturated carbocycles. The Morgan fingerprint density at radius 2 is 2.19 bits per heavy atom. The van der Waals surface area contributed by atoms with Crippen molar-refractivity contribution < 1.29 is 14.3 Å². The van der Waals surface area contributed by atoms with Gasteiger partial charge in [-0.2, -0.15) is 0 Å². The molecule has 0 atom stereocenters. The van der Waals surface area contributed by atoms with Crippen molar-refractivity contribution in [1.29, 1.82) is 0 Å². The van der Waals surface area contributed by atoms with Gasteiger partial charge in [0.2, 0.25) is 0 Å². The number of aromatic nitrogens is 1. The molecule has 2 amide bonds. The van der Waals surface area contributed by atoms with Crippen molar-refractivity contribution in [2.75, 3.05) is 19.7 Å². The van der Waals surface area contributed by atoms with Crippen molar-refractivity contribution in [1.82, 2.24) is 14.8 Å². The Morgan fingerprint density at radius 3 is 2.86 bits per heavy atom. The maximum atomic E-state index is 12.4. The van der Waals surface area contributed by atoms with Gasteiger partial charge >= 0.3 is 6.09 Å². The number of pyridine rings is 1. The summed E-state index contributed by atoms with van der Waals surface area (Å²) in [7, 11) is 0. The first-order valence-electron chi connectivity index (χ1n) is 7.37. The topological polar surface area (TPSA) is 62.7 Å². The summed E-state index contributed by atoms with van der Waals surface area (Å²) < 4.78 is 5.01. The fourth-order valence-electron chi connectivity index (χ4n) is 3.02. The van der Waals surface area contributed by atoms with E-state index >= 15 is 0 Å². The van der Waals surface area contributed by atoms with Crippen LogP contribution in [0.25, 0.3) is 0 Å². The molecule has 6 heteroatoms. The van der Waals surface area contributed by atoms with Gasteiger partial charge in [0.1, 0.15) is 0 Å². The smallest absolute Gasteiger partial charge is 0.409 e. The highest BCUT2D eigenvalue weighted by Crippen LogP contribution is 2.27. The summed E-state index contributed by atoms with van der Waals surface area (Å²) in [4.78, 5) is 32.0.